The maximum absolute atomic E-state index is 12.5. The molecular weight excluding hydrogens is 336 g/mol. The molecule has 0 aliphatic heterocycles. The number of ether oxygens (including phenoxy) is 1. The number of carbonyl (C=O) groups excluding carboxylic acids is 2. The van der Waals surface area contributed by atoms with Gasteiger partial charge in [-0.2, -0.15) is 0 Å². The molecule has 2 N–H and O–H groups in total. The molecule has 26 heavy (non-hydrogen) atoms. The van der Waals surface area contributed by atoms with E-state index in [4.69, 9.17) is 9.84 Å². The molecule has 142 valence electrons. The summed E-state index contributed by atoms with van der Waals surface area (Å²) in [6.07, 6.45) is 0.578. The minimum Gasteiger partial charge on any atom is -0.465 e. The molecule has 1 saturated carbocycles. The zero-order chi connectivity index (χ0) is 19.1. The summed E-state index contributed by atoms with van der Waals surface area (Å²) < 4.78 is 5.38. The van der Waals surface area contributed by atoms with Gasteiger partial charge < -0.3 is 20.1 Å². The van der Waals surface area contributed by atoms with Gasteiger partial charge in [0.05, 0.1) is 12.1 Å². The molecule has 2 atom stereocenters. The van der Waals surface area contributed by atoms with Crippen LogP contribution in [-0.2, 0) is 16.1 Å². The first kappa shape index (κ1) is 19.8. The van der Waals surface area contributed by atoms with Gasteiger partial charge in [-0.15, -0.1) is 0 Å². The van der Waals surface area contributed by atoms with E-state index in [1.807, 2.05) is 30.3 Å². The summed E-state index contributed by atoms with van der Waals surface area (Å²) in [5, 5.41) is 11.5. The van der Waals surface area contributed by atoms with E-state index in [0.717, 1.165) is 5.56 Å². The number of hydrogen-bond acceptors (Lipinski definition) is 4. The lowest BCUT2D eigenvalue weighted by molar-refractivity contribution is -0.121. The van der Waals surface area contributed by atoms with Crippen LogP contribution in [0.3, 0.4) is 0 Å². The van der Waals surface area contributed by atoms with E-state index in [1.54, 1.807) is 14.0 Å². The van der Waals surface area contributed by atoms with Crippen molar-refractivity contribution in [2.45, 2.75) is 51.3 Å². The summed E-state index contributed by atoms with van der Waals surface area (Å²) in [6.45, 7) is 1.89. The van der Waals surface area contributed by atoms with Crippen LogP contribution >= 0.6 is 0 Å². The van der Waals surface area contributed by atoms with E-state index >= 15 is 0 Å². The van der Waals surface area contributed by atoms with Crippen LogP contribution in [0.4, 0.5) is 9.59 Å². The minimum absolute atomic E-state index is 0.0452. The molecule has 0 aromatic heterocycles. The van der Waals surface area contributed by atoms with Crippen molar-refractivity contribution in [3.05, 3.63) is 35.9 Å². The average molecular weight is 362 g/mol. The molecule has 2 rings (SSSR count). The number of ketones is 1. The van der Waals surface area contributed by atoms with Crippen LogP contribution in [0.5, 0.6) is 0 Å². The van der Waals surface area contributed by atoms with E-state index in [2.05, 4.69) is 5.32 Å². The Labute approximate surface area is 153 Å². The number of amides is 2. The molecule has 0 radical (unpaired) electrons. The van der Waals surface area contributed by atoms with E-state index in [-0.39, 0.29) is 24.3 Å². The SMILES string of the molecule is CC(NC(=O)O)C(C1CCC(=O)CC1)N(C)C(=O)OCc1ccccc1. The van der Waals surface area contributed by atoms with Gasteiger partial charge in [0.25, 0.3) is 0 Å². The largest absolute Gasteiger partial charge is 0.465 e. The van der Waals surface area contributed by atoms with Gasteiger partial charge in [0.1, 0.15) is 12.4 Å². The third-order valence-electron chi connectivity index (χ3n) is 4.87. The number of carboxylic acid groups (broad SMARTS) is 1. The molecule has 0 saturated heterocycles. The number of nitrogens with zero attached hydrogens (tertiary/aromatic N) is 1. The van der Waals surface area contributed by atoms with Crippen molar-refractivity contribution in [1.82, 2.24) is 10.2 Å². The lowest BCUT2D eigenvalue weighted by atomic mass is 9.80. The number of Topliss-reactive ketones (excluding diaryl/α,β-unsaturated/α-hetero) is 1. The first-order valence-corrected chi connectivity index (χ1v) is 8.83. The maximum Gasteiger partial charge on any atom is 0.410 e. The Morgan fingerprint density at radius 3 is 2.46 bits per heavy atom. The molecule has 0 bridgehead atoms. The van der Waals surface area contributed by atoms with Crippen LogP contribution in [-0.4, -0.2) is 47.1 Å². The third-order valence-corrected chi connectivity index (χ3v) is 4.87. The Hall–Kier alpha value is -2.57. The predicted molar refractivity (Wildman–Crippen MR) is 95.8 cm³/mol. The Bertz CT molecular complexity index is 624. The van der Waals surface area contributed by atoms with Gasteiger partial charge in [0.2, 0.25) is 0 Å². The van der Waals surface area contributed by atoms with Crippen LogP contribution in [0.15, 0.2) is 30.3 Å². The van der Waals surface area contributed by atoms with Gasteiger partial charge in [-0.1, -0.05) is 30.3 Å². The molecule has 2 amide bonds. The van der Waals surface area contributed by atoms with E-state index in [1.165, 1.54) is 4.90 Å². The van der Waals surface area contributed by atoms with Gasteiger partial charge in [-0.3, -0.25) is 4.79 Å². The molecule has 0 spiro atoms. The van der Waals surface area contributed by atoms with Crippen LogP contribution in [0.25, 0.3) is 0 Å². The zero-order valence-corrected chi connectivity index (χ0v) is 15.2. The average Bonchev–Trinajstić information content (AvgIpc) is 2.61. The van der Waals surface area contributed by atoms with E-state index < -0.39 is 18.2 Å². The van der Waals surface area contributed by atoms with Crippen molar-refractivity contribution in [3.8, 4) is 0 Å². The quantitative estimate of drug-likeness (QED) is 0.811. The Kier molecular flexibility index (Phi) is 7.00. The second-order valence-electron chi connectivity index (χ2n) is 6.76. The lowest BCUT2D eigenvalue weighted by Crippen LogP contribution is -2.54. The van der Waals surface area contributed by atoms with Crippen molar-refractivity contribution < 1.29 is 24.2 Å². The van der Waals surface area contributed by atoms with Gasteiger partial charge >= 0.3 is 12.2 Å². The van der Waals surface area contributed by atoms with E-state index in [9.17, 15) is 14.4 Å². The number of likely N-dealkylation sites (N-methyl/N-ethyl adjacent to an activating group) is 1. The van der Waals surface area contributed by atoms with E-state index in [0.29, 0.717) is 25.7 Å². The van der Waals surface area contributed by atoms with Gasteiger partial charge in [-0.25, -0.2) is 9.59 Å². The fourth-order valence-corrected chi connectivity index (χ4v) is 3.59. The number of nitrogens with one attached hydrogen (secondary N) is 1. The molecule has 2 unspecified atom stereocenters. The monoisotopic (exact) mass is 362 g/mol. The molecule has 7 heteroatoms. The van der Waals surface area contributed by atoms with Gasteiger partial charge in [0, 0.05) is 19.9 Å². The summed E-state index contributed by atoms with van der Waals surface area (Å²) in [5.74, 6) is 0.261. The van der Waals surface area contributed by atoms with Crippen molar-refractivity contribution in [1.29, 1.82) is 0 Å². The highest BCUT2D eigenvalue weighted by atomic mass is 16.6. The van der Waals surface area contributed by atoms with Crippen molar-refractivity contribution in [3.63, 3.8) is 0 Å². The highest BCUT2D eigenvalue weighted by Gasteiger charge is 2.36. The van der Waals surface area contributed by atoms with Crippen molar-refractivity contribution >= 4 is 18.0 Å². The van der Waals surface area contributed by atoms with Crippen LogP contribution in [0.2, 0.25) is 0 Å². The topological polar surface area (TPSA) is 95.9 Å². The zero-order valence-electron chi connectivity index (χ0n) is 15.2. The first-order chi connectivity index (χ1) is 12.4. The molecule has 1 aromatic carbocycles. The van der Waals surface area contributed by atoms with Crippen molar-refractivity contribution in [2.75, 3.05) is 7.05 Å². The Morgan fingerprint density at radius 2 is 1.88 bits per heavy atom. The number of hydrogen-bond donors (Lipinski definition) is 2. The second kappa shape index (κ2) is 9.22. The smallest absolute Gasteiger partial charge is 0.410 e. The summed E-state index contributed by atoms with van der Waals surface area (Å²) in [6, 6.07) is 8.51. The fourth-order valence-electron chi connectivity index (χ4n) is 3.59. The molecule has 1 aliphatic carbocycles. The summed E-state index contributed by atoms with van der Waals surface area (Å²) in [7, 11) is 1.62. The first-order valence-electron chi connectivity index (χ1n) is 8.83. The maximum atomic E-state index is 12.5. The normalized spacial score (nSPS) is 17.2. The lowest BCUT2D eigenvalue weighted by Gasteiger charge is -2.39. The Morgan fingerprint density at radius 1 is 1.27 bits per heavy atom. The highest BCUT2D eigenvalue weighted by molar-refractivity contribution is 5.79. The van der Waals surface area contributed by atoms with Crippen LogP contribution < -0.4 is 5.32 Å². The van der Waals surface area contributed by atoms with Crippen molar-refractivity contribution in [2.24, 2.45) is 5.92 Å². The molecular formula is C19H26N2O5. The highest BCUT2D eigenvalue weighted by Crippen LogP contribution is 2.29. The fraction of sp³-hybridized carbons (Fsp3) is 0.526. The molecule has 0 heterocycles. The van der Waals surface area contributed by atoms with Gasteiger partial charge in [0.15, 0.2) is 0 Å². The molecule has 1 fully saturated rings. The molecule has 1 aromatic rings. The number of benzene rings is 1. The molecule has 7 nitrogen and oxygen atoms in total. The molecule has 1 aliphatic rings. The third kappa shape index (κ3) is 5.47. The standard InChI is InChI=1S/C19H26N2O5/c1-13(20-18(23)24)17(15-8-10-16(22)11-9-15)21(2)19(25)26-12-14-6-4-3-5-7-14/h3-7,13,15,17,20H,8-12H2,1-2H3,(H,23,24). The Balaban J connectivity index is 2.05. The number of carbonyl (C=O) groups is 3. The van der Waals surface area contributed by atoms with Gasteiger partial charge in [-0.05, 0) is 31.2 Å². The number of rotatable bonds is 6. The summed E-state index contributed by atoms with van der Waals surface area (Å²) in [4.78, 5) is 36.6. The van der Waals surface area contributed by atoms with Crippen LogP contribution in [0.1, 0.15) is 38.2 Å². The second-order valence-corrected chi connectivity index (χ2v) is 6.76. The summed E-state index contributed by atoms with van der Waals surface area (Å²) >= 11 is 0. The summed E-state index contributed by atoms with van der Waals surface area (Å²) in [5.41, 5.74) is 0.880. The van der Waals surface area contributed by atoms with Crippen LogP contribution in [0, 0.1) is 5.92 Å². The minimum atomic E-state index is -1.14. The predicted octanol–water partition coefficient (Wildman–Crippen LogP) is 3.04.